The molecule has 0 fully saturated rings. The summed E-state index contributed by atoms with van der Waals surface area (Å²) in [5.74, 6) is -0.170. The van der Waals surface area contributed by atoms with E-state index in [4.69, 9.17) is 4.74 Å². The van der Waals surface area contributed by atoms with E-state index in [2.05, 4.69) is 5.32 Å². The normalized spacial score (nSPS) is 18.4. The minimum absolute atomic E-state index is 0.0347. The number of anilines is 1. The lowest BCUT2D eigenvalue weighted by Gasteiger charge is -2.28. The zero-order valence-electron chi connectivity index (χ0n) is 15.9. The van der Waals surface area contributed by atoms with E-state index in [9.17, 15) is 9.59 Å². The molecular formula is C22H26N2O3. The van der Waals surface area contributed by atoms with Gasteiger partial charge in [-0.3, -0.25) is 9.59 Å². The van der Waals surface area contributed by atoms with Crippen molar-refractivity contribution in [3.8, 4) is 0 Å². The van der Waals surface area contributed by atoms with Gasteiger partial charge in [-0.05, 0) is 30.5 Å². The maximum absolute atomic E-state index is 13.3. The van der Waals surface area contributed by atoms with Crippen LogP contribution in [0.15, 0.2) is 54.6 Å². The first-order valence-corrected chi connectivity index (χ1v) is 9.34. The fourth-order valence-corrected chi connectivity index (χ4v) is 3.81. The molecule has 1 N–H and O–H groups in total. The summed E-state index contributed by atoms with van der Waals surface area (Å²) in [7, 11) is 1.78. The summed E-state index contributed by atoms with van der Waals surface area (Å²) >= 11 is 0. The standard InChI is InChI=1S/C22H26N2O3/c1-3-27-14-13-23-20(25)16-22(15-17-9-5-4-6-10-17)18-11-7-8-12-19(18)24(2)21(22)26/h4-12H,3,13-16H2,1-2H3,(H,23,25)/t22-/m0/s1. The zero-order chi connectivity index (χ0) is 19.3. The lowest BCUT2D eigenvalue weighted by molar-refractivity contribution is -0.129. The monoisotopic (exact) mass is 366 g/mol. The molecule has 0 aliphatic carbocycles. The van der Waals surface area contributed by atoms with Crippen LogP contribution in [0.5, 0.6) is 0 Å². The highest BCUT2D eigenvalue weighted by atomic mass is 16.5. The number of nitrogens with one attached hydrogen (secondary N) is 1. The van der Waals surface area contributed by atoms with Gasteiger partial charge in [-0.1, -0.05) is 48.5 Å². The molecule has 142 valence electrons. The molecule has 5 heteroatoms. The van der Waals surface area contributed by atoms with Crippen molar-refractivity contribution >= 4 is 17.5 Å². The van der Waals surface area contributed by atoms with Crippen LogP contribution in [0.25, 0.3) is 0 Å². The van der Waals surface area contributed by atoms with E-state index in [-0.39, 0.29) is 18.2 Å². The van der Waals surface area contributed by atoms with Gasteiger partial charge < -0.3 is 15.0 Å². The van der Waals surface area contributed by atoms with Gasteiger partial charge in [-0.2, -0.15) is 0 Å². The molecule has 2 amide bonds. The molecule has 1 atom stereocenters. The smallest absolute Gasteiger partial charge is 0.238 e. The first kappa shape index (κ1) is 19.1. The molecule has 27 heavy (non-hydrogen) atoms. The van der Waals surface area contributed by atoms with Crippen molar-refractivity contribution in [1.29, 1.82) is 0 Å². The van der Waals surface area contributed by atoms with Crippen LogP contribution in [0.1, 0.15) is 24.5 Å². The summed E-state index contributed by atoms with van der Waals surface area (Å²) < 4.78 is 5.28. The summed E-state index contributed by atoms with van der Waals surface area (Å²) in [6.07, 6.45) is 0.612. The Morgan fingerprint density at radius 3 is 2.56 bits per heavy atom. The summed E-state index contributed by atoms with van der Waals surface area (Å²) in [5.41, 5.74) is 1.95. The van der Waals surface area contributed by atoms with Crippen LogP contribution in [0.3, 0.4) is 0 Å². The number of benzene rings is 2. The molecule has 5 nitrogen and oxygen atoms in total. The number of nitrogens with zero attached hydrogens (tertiary/aromatic N) is 1. The molecule has 0 bridgehead atoms. The van der Waals surface area contributed by atoms with Gasteiger partial charge in [0.2, 0.25) is 11.8 Å². The maximum atomic E-state index is 13.3. The van der Waals surface area contributed by atoms with Crippen LogP contribution < -0.4 is 10.2 Å². The lowest BCUT2D eigenvalue weighted by Crippen LogP contribution is -2.44. The number of carbonyl (C=O) groups excluding carboxylic acids is 2. The maximum Gasteiger partial charge on any atom is 0.238 e. The van der Waals surface area contributed by atoms with Crippen molar-refractivity contribution in [2.75, 3.05) is 31.7 Å². The van der Waals surface area contributed by atoms with Crippen LogP contribution in [-0.4, -0.2) is 38.6 Å². The average Bonchev–Trinajstić information content (AvgIpc) is 2.89. The molecular weight excluding hydrogens is 340 g/mol. The van der Waals surface area contributed by atoms with Gasteiger partial charge in [-0.15, -0.1) is 0 Å². The van der Waals surface area contributed by atoms with Crippen LogP contribution in [0.2, 0.25) is 0 Å². The highest BCUT2D eigenvalue weighted by Gasteiger charge is 2.50. The van der Waals surface area contributed by atoms with E-state index in [0.717, 1.165) is 16.8 Å². The molecule has 2 aromatic carbocycles. The second-order valence-electron chi connectivity index (χ2n) is 6.85. The summed E-state index contributed by atoms with van der Waals surface area (Å²) in [6.45, 7) is 3.45. The summed E-state index contributed by atoms with van der Waals surface area (Å²) in [6, 6.07) is 17.6. The van der Waals surface area contributed by atoms with Crippen LogP contribution in [0.4, 0.5) is 5.69 Å². The Morgan fingerprint density at radius 1 is 1.11 bits per heavy atom. The minimum Gasteiger partial charge on any atom is -0.380 e. The van der Waals surface area contributed by atoms with Crippen molar-refractivity contribution in [2.45, 2.75) is 25.2 Å². The van der Waals surface area contributed by atoms with E-state index in [1.54, 1.807) is 11.9 Å². The van der Waals surface area contributed by atoms with Crippen molar-refractivity contribution in [3.05, 3.63) is 65.7 Å². The molecule has 0 radical (unpaired) electrons. The number of para-hydroxylation sites is 1. The predicted molar refractivity (Wildman–Crippen MR) is 106 cm³/mol. The average molecular weight is 366 g/mol. The van der Waals surface area contributed by atoms with Crippen molar-refractivity contribution in [2.24, 2.45) is 0 Å². The number of amides is 2. The molecule has 0 aromatic heterocycles. The first-order valence-electron chi connectivity index (χ1n) is 9.34. The van der Waals surface area contributed by atoms with E-state index < -0.39 is 5.41 Å². The highest BCUT2D eigenvalue weighted by molar-refractivity contribution is 6.09. The molecule has 3 rings (SSSR count). The molecule has 0 saturated carbocycles. The molecule has 1 aliphatic rings. The number of carbonyl (C=O) groups is 2. The van der Waals surface area contributed by atoms with E-state index in [0.29, 0.717) is 26.2 Å². The lowest BCUT2D eigenvalue weighted by atomic mass is 9.73. The van der Waals surface area contributed by atoms with Crippen LogP contribution >= 0.6 is 0 Å². The van der Waals surface area contributed by atoms with Crippen LogP contribution in [-0.2, 0) is 26.2 Å². The topological polar surface area (TPSA) is 58.6 Å². The fourth-order valence-electron chi connectivity index (χ4n) is 3.81. The Labute approximate surface area is 160 Å². The number of likely N-dealkylation sites (N-methyl/N-ethyl adjacent to an activating group) is 1. The number of rotatable bonds is 8. The quantitative estimate of drug-likeness (QED) is 0.731. The van der Waals surface area contributed by atoms with Crippen molar-refractivity contribution in [3.63, 3.8) is 0 Å². The summed E-state index contributed by atoms with van der Waals surface area (Å²) in [5, 5.41) is 2.89. The van der Waals surface area contributed by atoms with Crippen molar-refractivity contribution in [1.82, 2.24) is 5.32 Å². The van der Waals surface area contributed by atoms with Gasteiger partial charge >= 0.3 is 0 Å². The second kappa shape index (κ2) is 8.35. The minimum atomic E-state index is -0.887. The van der Waals surface area contributed by atoms with Gasteiger partial charge in [0.1, 0.15) is 0 Å². The largest absolute Gasteiger partial charge is 0.380 e. The SMILES string of the molecule is CCOCCNC(=O)C[C@]1(Cc2ccccc2)C(=O)N(C)c2ccccc21. The zero-order valence-corrected chi connectivity index (χ0v) is 15.9. The Kier molecular flexibility index (Phi) is 5.91. The van der Waals surface area contributed by atoms with Gasteiger partial charge in [-0.25, -0.2) is 0 Å². The Morgan fingerprint density at radius 2 is 1.81 bits per heavy atom. The molecule has 0 unspecified atom stereocenters. The third-order valence-corrected chi connectivity index (χ3v) is 5.08. The van der Waals surface area contributed by atoms with E-state index in [1.807, 2.05) is 61.5 Å². The van der Waals surface area contributed by atoms with Gasteiger partial charge in [0.15, 0.2) is 0 Å². The second-order valence-corrected chi connectivity index (χ2v) is 6.85. The molecule has 1 aliphatic heterocycles. The Balaban J connectivity index is 1.91. The predicted octanol–water partition coefficient (Wildman–Crippen LogP) is 2.69. The number of fused-ring (bicyclic) bond motifs is 1. The van der Waals surface area contributed by atoms with Crippen LogP contribution in [0, 0.1) is 0 Å². The molecule has 2 aromatic rings. The van der Waals surface area contributed by atoms with Crippen molar-refractivity contribution < 1.29 is 14.3 Å². The Hall–Kier alpha value is -2.66. The molecule has 1 heterocycles. The number of hydrogen-bond acceptors (Lipinski definition) is 3. The third-order valence-electron chi connectivity index (χ3n) is 5.08. The fraction of sp³-hybridized carbons (Fsp3) is 0.364. The van der Waals surface area contributed by atoms with E-state index in [1.165, 1.54) is 0 Å². The first-order chi connectivity index (χ1) is 13.1. The van der Waals surface area contributed by atoms with Gasteiger partial charge in [0.05, 0.1) is 12.0 Å². The Bertz CT molecular complexity index is 806. The van der Waals surface area contributed by atoms with E-state index >= 15 is 0 Å². The van der Waals surface area contributed by atoms with Gasteiger partial charge in [0.25, 0.3) is 0 Å². The highest BCUT2D eigenvalue weighted by Crippen LogP contribution is 2.45. The molecule has 0 saturated heterocycles. The summed E-state index contributed by atoms with van der Waals surface area (Å²) in [4.78, 5) is 27.7. The third kappa shape index (κ3) is 3.88. The molecule has 0 spiro atoms. The van der Waals surface area contributed by atoms with Gasteiger partial charge in [0, 0.05) is 32.3 Å². The number of ether oxygens (including phenoxy) is 1. The number of hydrogen-bond donors (Lipinski definition) is 1.